The maximum atomic E-state index is 14.0. The number of hydrogen-bond donors (Lipinski definition) is 1. The van der Waals surface area contributed by atoms with Crippen LogP contribution in [-0.4, -0.2) is 78.4 Å². The summed E-state index contributed by atoms with van der Waals surface area (Å²) in [5.74, 6) is -0.839. The highest BCUT2D eigenvalue weighted by Crippen LogP contribution is 2.37. The molecule has 2 saturated heterocycles. The van der Waals surface area contributed by atoms with Gasteiger partial charge in [0, 0.05) is 38.2 Å². The van der Waals surface area contributed by atoms with Crippen LogP contribution >= 0.6 is 0 Å². The quantitative estimate of drug-likeness (QED) is 0.599. The van der Waals surface area contributed by atoms with E-state index in [2.05, 4.69) is 5.32 Å². The zero-order valence-corrected chi connectivity index (χ0v) is 21.5. The smallest absolute Gasteiger partial charge is 0.325 e. The van der Waals surface area contributed by atoms with Crippen LogP contribution in [0.1, 0.15) is 39.9 Å². The predicted octanol–water partition coefficient (Wildman–Crippen LogP) is 3.39. The van der Waals surface area contributed by atoms with Crippen molar-refractivity contribution in [2.75, 3.05) is 40.3 Å². The molecule has 192 valence electrons. The van der Waals surface area contributed by atoms with Crippen molar-refractivity contribution in [1.82, 2.24) is 20.0 Å². The Morgan fingerprint density at radius 3 is 2.36 bits per heavy atom. The number of imide groups is 1. The lowest BCUT2D eigenvalue weighted by Gasteiger charge is -2.41. The third-order valence-electron chi connectivity index (χ3n) is 7.29. The van der Waals surface area contributed by atoms with Crippen LogP contribution in [0, 0.1) is 25.6 Å². The van der Waals surface area contributed by atoms with Gasteiger partial charge in [-0.25, -0.2) is 9.18 Å². The van der Waals surface area contributed by atoms with Crippen LogP contribution in [0.25, 0.3) is 0 Å². The van der Waals surface area contributed by atoms with Crippen molar-refractivity contribution in [3.63, 3.8) is 0 Å². The van der Waals surface area contributed by atoms with Gasteiger partial charge < -0.3 is 15.1 Å². The molecule has 1 atom stereocenters. The van der Waals surface area contributed by atoms with Gasteiger partial charge in [-0.1, -0.05) is 29.3 Å². The molecule has 0 saturated carbocycles. The van der Waals surface area contributed by atoms with Gasteiger partial charge in [-0.05, 0) is 76.5 Å². The van der Waals surface area contributed by atoms with E-state index in [1.165, 1.54) is 17.0 Å². The molecule has 0 radical (unpaired) electrons. The minimum Gasteiger partial charge on any atom is -0.339 e. The first-order valence-electron chi connectivity index (χ1n) is 12.5. The minimum absolute atomic E-state index is 0.0196. The van der Waals surface area contributed by atoms with E-state index in [-0.39, 0.29) is 36.5 Å². The summed E-state index contributed by atoms with van der Waals surface area (Å²) < 4.78 is 14.0. The fraction of sp³-hybridized carbons (Fsp3) is 0.464. The Kier molecular flexibility index (Phi) is 7.45. The number of hydrogen-bond acceptors (Lipinski definition) is 4. The van der Waals surface area contributed by atoms with E-state index < -0.39 is 11.6 Å². The number of likely N-dealkylation sites (tertiary alicyclic amines) is 1. The van der Waals surface area contributed by atoms with Crippen LogP contribution in [-0.2, 0) is 11.2 Å². The highest BCUT2D eigenvalue weighted by molar-refractivity contribution is 6.07. The van der Waals surface area contributed by atoms with Gasteiger partial charge >= 0.3 is 6.03 Å². The number of rotatable bonds is 7. The number of piperidine rings is 1. The lowest BCUT2D eigenvalue weighted by molar-refractivity contribution is -0.134. The van der Waals surface area contributed by atoms with Gasteiger partial charge in [0.15, 0.2) is 0 Å². The molecule has 1 unspecified atom stereocenters. The summed E-state index contributed by atoms with van der Waals surface area (Å²) in [5.41, 5.74) is 2.25. The molecule has 0 aromatic heterocycles. The Hall–Kier alpha value is -3.26. The molecule has 2 aliphatic heterocycles. The molecule has 0 bridgehead atoms. The molecule has 2 aromatic rings. The monoisotopic (exact) mass is 494 g/mol. The second-order valence-electron chi connectivity index (χ2n) is 10.4. The Labute approximate surface area is 212 Å². The standard InChI is InChI=1S/C28H35FN4O3/c1-19-14-20(2)16-22(15-19)25(34)32-10-8-23(9-11-32)28(18-21-6-5-7-24(29)17-21)26(35)33(27(36)30-28)13-12-31(3)4/h5-7,14-17,23H,8-13,18H2,1-4H3,(H,30,36). The summed E-state index contributed by atoms with van der Waals surface area (Å²) in [6.07, 6.45) is 1.35. The number of benzene rings is 2. The topological polar surface area (TPSA) is 73.0 Å². The number of carbonyl (C=O) groups excluding carboxylic acids is 3. The summed E-state index contributed by atoms with van der Waals surface area (Å²) in [6, 6.07) is 11.6. The molecule has 1 N–H and O–H groups in total. The molecule has 2 aromatic carbocycles. The fourth-order valence-electron chi connectivity index (χ4n) is 5.51. The number of likely N-dealkylation sites (N-methyl/N-ethyl adjacent to an activating group) is 1. The Balaban J connectivity index is 1.56. The van der Waals surface area contributed by atoms with Crippen molar-refractivity contribution >= 4 is 17.8 Å². The molecular formula is C28H35FN4O3. The molecule has 2 heterocycles. The van der Waals surface area contributed by atoms with Gasteiger partial charge in [-0.3, -0.25) is 14.5 Å². The van der Waals surface area contributed by atoms with Crippen LogP contribution in [0.3, 0.4) is 0 Å². The summed E-state index contributed by atoms with van der Waals surface area (Å²) in [5, 5.41) is 3.01. The van der Waals surface area contributed by atoms with Gasteiger partial charge in [-0.2, -0.15) is 0 Å². The number of aryl methyl sites for hydroxylation is 2. The van der Waals surface area contributed by atoms with Gasteiger partial charge in [0.2, 0.25) is 0 Å². The third kappa shape index (κ3) is 5.28. The molecule has 4 amide bonds. The van der Waals surface area contributed by atoms with Crippen LogP contribution in [0.4, 0.5) is 9.18 Å². The SMILES string of the molecule is Cc1cc(C)cc(C(=O)N2CCC(C3(Cc4cccc(F)c4)NC(=O)N(CCN(C)C)C3=O)CC2)c1. The van der Waals surface area contributed by atoms with Crippen LogP contribution in [0.15, 0.2) is 42.5 Å². The lowest BCUT2D eigenvalue weighted by atomic mass is 9.73. The molecule has 4 rings (SSSR count). The first kappa shape index (κ1) is 25.8. The second-order valence-corrected chi connectivity index (χ2v) is 10.4. The van der Waals surface area contributed by atoms with Crippen molar-refractivity contribution in [1.29, 1.82) is 0 Å². The van der Waals surface area contributed by atoms with Gasteiger partial charge in [0.25, 0.3) is 11.8 Å². The number of urea groups is 1. The van der Waals surface area contributed by atoms with E-state index in [0.29, 0.717) is 43.6 Å². The molecule has 8 heteroatoms. The zero-order chi connectivity index (χ0) is 26.0. The summed E-state index contributed by atoms with van der Waals surface area (Å²) in [4.78, 5) is 45.0. The predicted molar refractivity (Wildman–Crippen MR) is 136 cm³/mol. The lowest BCUT2D eigenvalue weighted by Crippen LogP contribution is -2.58. The van der Waals surface area contributed by atoms with Crippen molar-refractivity contribution in [2.45, 2.75) is 38.6 Å². The first-order valence-corrected chi connectivity index (χ1v) is 12.5. The minimum atomic E-state index is -1.16. The Morgan fingerprint density at radius 2 is 1.75 bits per heavy atom. The van der Waals surface area contributed by atoms with Crippen molar-refractivity contribution in [3.05, 3.63) is 70.5 Å². The van der Waals surface area contributed by atoms with Gasteiger partial charge in [-0.15, -0.1) is 0 Å². The number of nitrogens with one attached hydrogen (secondary N) is 1. The zero-order valence-electron chi connectivity index (χ0n) is 21.5. The van der Waals surface area contributed by atoms with E-state index >= 15 is 0 Å². The number of halogens is 1. The van der Waals surface area contributed by atoms with Crippen molar-refractivity contribution < 1.29 is 18.8 Å². The molecule has 2 fully saturated rings. The van der Waals surface area contributed by atoms with E-state index in [1.807, 2.05) is 55.9 Å². The van der Waals surface area contributed by atoms with Gasteiger partial charge in [0.05, 0.1) is 0 Å². The van der Waals surface area contributed by atoms with Crippen molar-refractivity contribution in [3.8, 4) is 0 Å². The highest BCUT2D eigenvalue weighted by atomic mass is 19.1. The summed E-state index contributed by atoms with van der Waals surface area (Å²) >= 11 is 0. The maximum absolute atomic E-state index is 14.0. The first-order chi connectivity index (χ1) is 17.1. The number of amides is 4. The Bertz CT molecular complexity index is 1140. The molecule has 2 aliphatic rings. The number of carbonyl (C=O) groups is 3. The molecule has 36 heavy (non-hydrogen) atoms. The summed E-state index contributed by atoms with van der Waals surface area (Å²) in [6.45, 7) is 5.76. The van der Waals surface area contributed by atoms with E-state index in [4.69, 9.17) is 0 Å². The van der Waals surface area contributed by atoms with Gasteiger partial charge in [0.1, 0.15) is 11.4 Å². The average Bonchev–Trinajstić information content (AvgIpc) is 3.06. The van der Waals surface area contributed by atoms with Crippen LogP contribution in [0.5, 0.6) is 0 Å². The molecule has 0 aliphatic carbocycles. The average molecular weight is 495 g/mol. The second kappa shape index (κ2) is 10.4. The molecule has 7 nitrogen and oxygen atoms in total. The van der Waals surface area contributed by atoms with E-state index in [0.717, 1.165) is 11.1 Å². The third-order valence-corrected chi connectivity index (χ3v) is 7.29. The number of nitrogens with zero attached hydrogens (tertiary/aromatic N) is 3. The molecule has 0 spiro atoms. The molecular weight excluding hydrogens is 459 g/mol. The highest BCUT2D eigenvalue weighted by Gasteiger charge is 2.55. The van der Waals surface area contributed by atoms with Crippen LogP contribution < -0.4 is 5.32 Å². The fourth-order valence-corrected chi connectivity index (χ4v) is 5.51. The van der Waals surface area contributed by atoms with Crippen molar-refractivity contribution in [2.24, 2.45) is 5.92 Å². The van der Waals surface area contributed by atoms with Crippen LogP contribution in [0.2, 0.25) is 0 Å². The largest absolute Gasteiger partial charge is 0.339 e. The normalized spacial score (nSPS) is 20.8. The Morgan fingerprint density at radius 1 is 1.08 bits per heavy atom. The maximum Gasteiger partial charge on any atom is 0.325 e. The van der Waals surface area contributed by atoms with E-state index in [1.54, 1.807) is 12.1 Å². The summed E-state index contributed by atoms with van der Waals surface area (Å²) in [7, 11) is 3.78. The van der Waals surface area contributed by atoms with E-state index in [9.17, 15) is 18.8 Å².